The summed E-state index contributed by atoms with van der Waals surface area (Å²) in [5.41, 5.74) is 1.68. The molecule has 0 fully saturated rings. The summed E-state index contributed by atoms with van der Waals surface area (Å²) in [7, 11) is 0. The lowest BCUT2D eigenvalue weighted by Crippen LogP contribution is -1.97. The van der Waals surface area contributed by atoms with E-state index in [0.29, 0.717) is 0 Å². The zero-order valence-electron chi connectivity index (χ0n) is 10.0. The number of benzene rings is 2. The first-order chi connectivity index (χ1) is 9.17. The number of nitrogens with two attached hydrogens (primary N) is 1. The highest BCUT2D eigenvalue weighted by Gasteiger charge is 2.02. The molecule has 2 aromatic rings. The average Bonchev–Trinajstić information content (AvgIpc) is 2.36. The van der Waals surface area contributed by atoms with Gasteiger partial charge in [-0.25, -0.2) is 8.78 Å². The molecule has 2 aromatic carbocycles. The molecule has 98 valence electrons. The van der Waals surface area contributed by atoms with Gasteiger partial charge >= 0.3 is 0 Å². The van der Waals surface area contributed by atoms with Crippen LogP contribution >= 0.6 is 0 Å². The van der Waals surface area contributed by atoms with Crippen LogP contribution in [0.5, 0.6) is 5.75 Å². The first-order valence-corrected chi connectivity index (χ1v) is 5.58. The van der Waals surface area contributed by atoms with E-state index in [4.69, 9.17) is 10.6 Å². The van der Waals surface area contributed by atoms with Gasteiger partial charge in [0.2, 0.25) is 0 Å². The smallest absolute Gasteiger partial charge is 0.129 e. The second-order valence-electron chi connectivity index (χ2n) is 3.92. The van der Waals surface area contributed by atoms with Crippen LogP contribution in [0, 0.1) is 11.6 Å². The molecule has 0 unspecified atom stereocenters. The average molecular weight is 262 g/mol. The van der Waals surface area contributed by atoms with E-state index < -0.39 is 11.6 Å². The first kappa shape index (κ1) is 13.0. The fourth-order valence-corrected chi connectivity index (χ4v) is 1.63. The lowest BCUT2D eigenvalue weighted by atomic mass is 10.1. The third-order valence-electron chi connectivity index (χ3n) is 2.42. The monoisotopic (exact) mass is 262 g/mol. The Hall–Kier alpha value is -2.43. The summed E-state index contributed by atoms with van der Waals surface area (Å²) in [5.74, 6) is 3.88. The van der Waals surface area contributed by atoms with Crippen LogP contribution in [0.25, 0.3) is 0 Å². The zero-order valence-corrected chi connectivity index (χ0v) is 10.0. The molecule has 0 aliphatic heterocycles. The molecule has 0 aromatic heterocycles. The minimum absolute atomic E-state index is 0.149. The minimum Gasteiger partial charge on any atom is -0.489 e. The molecule has 0 amide bonds. The molecule has 0 atom stereocenters. The van der Waals surface area contributed by atoms with Crippen molar-refractivity contribution in [2.45, 2.75) is 6.61 Å². The van der Waals surface area contributed by atoms with E-state index in [1.54, 1.807) is 0 Å². The van der Waals surface area contributed by atoms with Crippen molar-refractivity contribution in [3.05, 3.63) is 65.2 Å². The first-order valence-electron chi connectivity index (χ1n) is 5.58. The Morgan fingerprint density at radius 3 is 2.53 bits per heavy atom. The minimum atomic E-state index is -0.668. The Labute approximate surface area is 109 Å². The molecule has 0 aliphatic rings. The zero-order chi connectivity index (χ0) is 13.7. The van der Waals surface area contributed by atoms with E-state index in [1.807, 2.05) is 24.3 Å². The second kappa shape index (κ2) is 5.95. The van der Waals surface area contributed by atoms with Gasteiger partial charge in [0.25, 0.3) is 0 Å². The Balaban J connectivity index is 2.07. The molecule has 3 nitrogen and oxygen atoms in total. The van der Waals surface area contributed by atoms with Gasteiger partial charge in [0.05, 0.1) is 6.21 Å². The molecule has 0 heterocycles. The molecule has 19 heavy (non-hydrogen) atoms. The van der Waals surface area contributed by atoms with Gasteiger partial charge in [-0.3, -0.25) is 0 Å². The van der Waals surface area contributed by atoms with E-state index in [1.165, 1.54) is 6.21 Å². The van der Waals surface area contributed by atoms with Gasteiger partial charge in [0.1, 0.15) is 24.0 Å². The number of hydrogen-bond donors (Lipinski definition) is 1. The molecular formula is C14H12F2N2O. The molecule has 2 N–H and O–H groups in total. The summed E-state index contributed by atoms with van der Waals surface area (Å²) >= 11 is 0. The number of halogens is 2. The normalized spacial score (nSPS) is 10.8. The molecule has 0 saturated heterocycles. The Morgan fingerprint density at radius 1 is 1.11 bits per heavy atom. The number of hydrazone groups is 1. The molecule has 0 bridgehead atoms. The van der Waals surface area contributed by atoms with Gasteiger partial charge in [-0.15, -0.1) is 0 Å². The van der Waals surface area contributed by atoms with E-state index in [2.05, 4.69) is 5.10 Å². The maximum atomic E-state index is 13.0. The number of hydrogen-bond acceptors (Lipinski definition) is 3. The summed E-state index contributed by atoms with van der Waals surface area (Å²) in [5, 5.41) is 3.42. The van der Waals surface area contributed by atoms with Crippen LogP contribution in [-0.2, 0) is 6.61 Å². The predicted octanol–water partition coefficient (Wildman–Crippen LogP) is 2.84. The molecule has 0 aliphatic carbocycles. The molecular weight excluding hydrogens is 250 g/mol. The van der Waals surface area contributed by atoms with Crippen LogP contribution in [0.4, 0.5) is 8.78 Å². The second-order valence-corrected chi connectivity index (χ2v) is 3.92. The van der Waals surface area contributed by atoms with Crippen molar-refractivity contribution in [3.8, 4) is 5.75 Å². The van der Waals surface area contributed by atoms with Gasteiger partial charge in [0, 0.05) is 18.2 Å². The standard InChI is InChI=1S/C14H12F2N2O/c15-12-5-13(16)7-14(6-12)19-9-11-3-1-2-10(4-11)8-18-17/h1-8H,9,17H2. The fraction of sp³-hybridized carbons (Fsp3) is 0.0714. The van der Waals surface area contributed by atoms with E-state index in [0.717, 1.165) is 29.3 Å². The van der Waals surface area contributed by atoms with Gasteiger partial charge in [-0.05, 0) is 17.2 Å². The molecule has 0 spiro atoms. The number of rotatable bonds is 4. The van der Waals surface area contributed by atoms with E-state index in [-0.39, 0.29) is 12.4 Å². The van der Waals surface area contributed by atoms with Gasteiger partial charge < -0.3 is 10.6 Å². The number of ether oxygens (including phenoxy) is 1. The molecule has 5 heteroatoms. The van der Waals surface area contributed by atoms with Gasteiger partial charge in [0.15, 0.2) is 0 Å². The van der Waals surface area contributed by atoms with Crippen molar-refractivity contribution in [1.29, 1.82) is 0 Å². The molecule has 0 radical (unpaired) electrons. The maximum absolute atomic E-state index is 13.0. The fourth-order valence-electron chi connectivity index (χ4n) is 1.63. The highest BCUT2D eigenvalue weighted by Crippen LogP contribution is 2.17. The summed E-state index contributed by atoms with van der Waals surface area (Å²) in [6.45, 7) is 0.204. The van der Waals surface area contributed by atoms with Crippen molar-refractivity contribution < 1.29 is 13.5 Å². The van der Waals surface area contributed by atoms with Crippen LogP contribution < -0.4 is 10.6 Å². The van der Waals surface area contributed by atoms with Crippen molar-refractivity contribution in [3.63, 3.8) is 0 Å². The highest BCUT2D eigenvalue weighted by molar-refractivity contribution is 5.79. The highest BCUT2D eigenvalue weighted by atomic mass is 19.1. The van der Waals surface area contributed by atoms with Crippen molar-refractivity contribution in [2.24, 2.45) is 10.9 Å². The van der Waals surface area contributed by atoms with Crippen molar-refractivity contribution in [1.82, 2.24) is 0 Å². The van der Waals surface area contributed by atoms with E-state index in [9.17, 15) is 8.78 Å². The predicted molar refractivity (Wildman–Crippen MR) is 68.9 cm³/mol. The van der Waals surface area contributed by atoms with Gasteiger partial charge in [-0.2, -0.15) is 5.10 Å². The van der Waals surface area contributed by atoms with Crippen molar-refractivity contribution >= 4 is 6.21 Å². The Morgan fingerprint density at radius 2 is 1.84 bits per heavy atom. The Bertz CT molecular complexity index is 579. The summed E-state index contributed by atoms with van der Waals surface area (Å²) < 4.78 is 31.3. The SMILES string of the molecule is NN=Cc1cccc(COc2cc(F)cc(F)c2)c1. The largest absolute Gasteiger partial charge is 0.489 e. The van der Waals surface area contributed by atoms with Crippen LogP contribution in [0.15, 0.2) is 47.6 Å². The summed E-state index contributed by atoms with van der Waals surface area (Å²) in [6.07, 6.45) is 1.51. The molecule has 0 saturated carbocycles. The quantitative estimate of drug-likeness (QED) is 0.523. The van der Waals surface area contributed by atoms with Crippen LogP contribution in [0.3, 0.4) is 0 Å². The Kier molecular flexibility index (Phi) is 4.07. The third-order valence-corrected chi connectivity index (χ3v) is 2.42. The van der Waals surface area contributed by atoms with Crippen LogP contribution in [0.2, 0.25) is 0 Å². The summed E-state index contributed by atoms with van der Waals surface area (Å²) in [4.78, 5) is 0. The third kappa shape index (κ3) is 3.77. The van der Waals surface area contributed by atoms with E-state index >= 15 is 0 Å². The van der Waals surface area contributed by atoms with Crippen molar-refractivity contribution in [2.75, 3.05) is 0 Å². The van der Waals surface area contributed by atoms with Gasteiger partial charge in [-0.1, -0.05) is 18.2 Å². The lowest BCUT2D eigenvalue weighted by Gasteiger charge is -2.07. The topological polar surface area (TPSA) is 47.6 Å². The summed E-state index contributed by atoms with van der Waals surface area (Å²) in [6, 6.07) is 10.4. The maximum Gasteiger partial charge on any atom is 0.129 e. The van der Waals surface area contributed by atoms with Crippen LogP contribution in [-0.4, -0.2) is 6.21 Å². The lowest BCUT2D eigenvalue weighted by molar-refractivity contribution is 0.302. The van der Waals surface area contributed by atoms with Crippen LogP contribution in [0.1, 0.15) is 11.1 Å². The number of nitrogens with zero attached hydrogens (tertiary/aromatic N) is 1. The molecule has 2 rings (SSSR count).